The summed E-state index contributed by atoms with van der Waals surface area (Å²) in [5.41, 5.74) is 6.47. The van der Waals surface area contributed by atoms with Crippen LogP contribution in [0.15, 0.2) is 45.6 Å². The van der Waals surface area contributed by atoms with Gasteiger partial charge < -0.3 is 5.32 Å². The van der Waals surface area contributed by atoms with Crippen molar-refractivity contribution >= 4 is 22.5 Å². The summed E-state index contributed by atoms with van der Waals surface area (Å²) in [5.74, 6) is 0. The number of hydrogen-bond acceptors (Lipinski definition) is 3. The predicted molar refractivity (Wildman–Crippen MR) is 61.0 cm³/mol. The van der Waals surface area contributed by atoms with Gasteiger partial charge in [-0.15, -0.1) is 0 Å². The molecule has 1 aliphatic rings. The topological polar surface area (TPSA) is 38.3 Å². The van der Waals surface area contributed by atoms with Crippen LogP contribution in [0.5, 0.6) is 0 Å². The van der Waals surface area contributed by atoms with Crippen LogP contribution in [0, 0.1) is 0 Å². The van der Waals surface area contributed by atoms with Crippen molar-refractivity contribution in [3.63, 3.8) is 0 Å². The number of para-hydroxylation sites is 1. The molecule has 0 fully saturated rings. The Bertz CT molecular complexity index is 678. The van der Waals surface area contributed by atoms with Gasteiger partial charge in [0.25, 0.3) is 0 Å². The summed E-state index contributed by atoms with van der Waals surface area (Å²) in [6, 6.07) is 12.3. The molecule has 1 aromatic heterocycles. The van der Waals surface area contributed by atoms with Crippen molar-refractivity contribution in [2.75, 3.05) is 5.32 Å². The molecule has 2 heterocycles. The summed E-state index contributed by atoms with van der Waals surface area (Å²) < 4.78 is 9.95. The van der Waals surface area contributed by atoms with Crippen LogP contribution in [0.3, 0.4) is 0 Å². The number of anilines is 2. The average Bonchev–Trinajstić information content (AvgIpc) is 2.27. The maximum absolute atomic E-state index is 5.05. The SMILES string of the molecule is c1ccc2c(c1)Cc1c(ccc3ooc13)N2. The second-order valence-electron chi connectivity index (χ2n) is 4.04. The van der Waals surface area contributed by atoms with Crippen molar-refractivity contribution in [2.24, 2.45) is 0 Å². The molecule has 78 valence electrons. The van der Waals surface area contributed by atoms with Crippen molar-refractivity contribution in [1.82, 2.24) is 0 Å². The fourth-order valence-electron chi connectivity index (χ4n) is 2.24. The number of fused-ring (bicyclic) bond motifs is 4. The Kier molecular flexibility index (Phi) is 1.36. The third kappa shape index (κ3) is 0.922. The van der Waals surface area contributed by atoms with E-state index in [1.165, 1.54) is 16.8 Å². The third-order valence-corrected chi connectivity index (χ3v) is 3.09. The fraction of sp³-hybridized carbons (Fsp3) is 0.0769. The average molecular weight is 211 g/mol. The van der Waals surface area contributed by atoms with E-state index in [9.17, 15) is 0 Å². The van der Waals surface area contributed by atoms with E-state index in [1.807, 2.05) is 18.2 Å². The Hall–Kier alpha value is -2.16. The zero-order chi connectivity index (χ0) is 10.5. The van der Waals surface area contributed by atoms with E-state index >= 15 is 0 Å². The molecule has 0 saturated carbocycles. The van der Waals surface area contributed by atoms with E-state index in [4.69, 9.17) is 9.15 Å². The summed E-state index contributed by atoms with van der Waals surface area (Å²) >= 11 is 0. The Morgan fingerprint density at radius 3 is 2.75 bits per heavy atom. The quantitative estimate of drug-likeness (QED) is 0.451. The lowest BCUT2D eigenvalue weighted by Crippen LogP contribution is -2.07. The van der Waals surface area contributed by atoms with E-state index < -0.39 is 0 Å². The van der Waals surface area contributed by atoms with Crippen molar-refractivity contribution < 1.29 is 9.15 Å². The first kappa shape index (κ1) is 8.05. The minimum absolute atomic E-state index is 0.833. The molecule has 2 aromatic carbocycles. The van der Waals surface area contributed by atoms with Crippen LogP contribution in [-0.4, -0.2) is 0 Å². The molecule has 3 heteroatoms. The van der Waals surface area contributed by atoms with E-state index in [1.54, 1.807) is 0 Å². The van der Waals surface area contributed by atoms with Gasteiger partial charge in [-0.05, 0) is 23.8 Å². The molecule has 0 aliphatic carbocycles. The van der Waals surface area contributed by atoms with Gasteiger partial charge >= 0.3 is 0 Å². The van der Waals surface area contributed by atoms with Gasteiger partial charge in [-0.3, -0.25) is 9.15 Å². The first-order valence-electron chi connectivity index (χ1n) is 5.27. The summed E-state index contributed by atoms with van der Waals surface area (Å²) in [6.07, 6.45) is 0.894. The maximum Gasteiger partial charge on any atom is 0.231 e. The number of benzene rings is 2. The monoisotopic (exact) mass is 211 g/mol. The molecule has 0 spiro atoms. The molecule has 0 bridgehead atoms. The molecule has 1 aliphatic heterocycles. The lowest BCUT2D eigenvalue weighted by atomic mass is 9.97. The van der Waals surface area contributed by atoms with Crippen LogP contribution in [0.4, 0.5) is 11.4 Å². The van der Waals surface area contributed by atoms with Crippen LogP contribution < -0.4 is 5.32 Å². The molecule has 0 radical (unpaired) electrons. The molecule has 0 amide bonds. The van der Waals surface area contributed by atoms with Crippen molar-refractivity contribution in [3.8, 4) is 0 Å². The highest BCUT2D eigenvalue weighted by Crippen LogP contribution is 2.37. The Morgan fingerprint density at radius 2 is 1.88 bits per heavy atom. The van der Waals surface area contributed by atoms with Crippen LogP contribution in [-0.2, 0) is 6.42 Å². The second kappa shape index (κ2) is 2.70. The van der Waals surface area contributed by atoms with Gasteiger partial charge in [0, 0.05) is 23.4 Å². The fourth-order valence-corrected chi connectivity index (χ4v) is 2.24. The van der Waals surface area contributed by atoms with Gasteiger partial charge in [0.2, 0.25) is 11.2 Å². The molecular weight excluding hydrogens is 202 g/mol. The van der Waals surface area contributed by atoms with Crippen LogP contribution >= 0.6 is 0 Å². The number of rotatable bonds is 0. The first-order chi connectivity index (χ1) is 7.92. The highest BCUT2D eigenvalue weighted by Gasteiger charge is 2.20. The molecule has 3 nitrogen and oxygen atoms in total. The van der Waals surface area contributed by atoms with E-state index in [0.29, 0.717) is 0 Å². The van der Waals surface area contributed by atoms with E-state index in [0.717, 1.165) is 23.3 Å². The molecule has 1 N–H and O–H groups in total. The van der Waals surface area contributed by atoms with Crippen molar-refractivity contribution in [3.05, 3.63) is 47.5 Å². The second-order valence-corrected chi connectivity index (χ2v) is 4.04. The van der Waals surface area contributed by atoms with Gasteiger partial charge in [0.15, 0.2) is 0 Å². The minimum atomic E-state index is 0.833. The Morgan fingerprint density at radius 1 is 0.938 bits per heavy atom. The lowest BCUT2D eigenvalue weighted by molar-refractivity contribution is 0.0582. The standard InChI is InChI=1S/C13H9NO2/c1-2-4-10-8(3-1)7-9-11(14-10)5-6-12-13(9)16-15-12/h1-6,14H,7H2. The van der Waals surface area contributed by atoms with Gasteiger partial charge in [-0.2, -0.15) is 0 Å². The summed E-state index contributed by atoms with van der Waals surface area (Å²) in [5, 5.41) is 3.41. The number of hydrogen-bond donors (Lipinski definition) is 1. The molecule has 4 rings (SSSR count). The zero-order valence-electron chi connectivity index (χ0n) is 8.49. The Balaban J connectivity index is 1.95. The van der Waals surface area contributed by atoms with Crippen LogP contribution in [0.1, 0.15) is 11.1 Å². The lowest BCUT2D eigenvalue weighted by Gasteiger charge is -2.21. The van der Waals surface area contributed by atoms with E-state index in [2.05, 4.69) is 23.5 Å². The van der Waals surface area contributed by atoms with Gasteiger partial charge in [-0.1, -0.05) is 18.2 Å². The third-order valence-electron chi connectivity index (χ3n) is 3.09. The normalized spacial score (nSPS) is 13.2. The zero-order valence-corrected chi connectivity index (χ0v) is 8.49. The van der Waals surface area contributed by atoms with Crippen LogP contribution in [0.2, 0.25) is 0 Å². The summed E-state index contributed by atoms with van der Waals surface area (Å²) in [6.45, 7) is 0. The highest BCUT2D eigenvalue weighted by atomic mass is 17.0. The molecule has 0 unspecified atom stereocenters. The molecule has 16 heavy (non-hydrogen) atoms. The van der Waals surface area contributed by atoms with E-state index in [-0.39, 0.29) is 0 Å². The van der Waals surface area contributed by atoms with Gasteiger partial charge in [-0.25, -0.2) is 0 Å². The van der Waals surface area contributed by atoms with Gasteiger partial charge in [0.05, 0.1) is 0 Å². The predicted octanol–water partition coefficient (Wildman–Crippen LogP) is 3.67. The number of nitrogens with one attached hydrogen (secondary N) is 1. The maximum atomic E-state index is 5.05. The minimum Gasteiger partial charge on any atom is -0.355 e. The molecule has 0 saturated heterocycles. The first-order valence-corrected chi connectivity index (χ1v) is 5.27. The van der Waals surface area contributed by atoms with Gasteiger partial charge in [0.1, 0.15) is 0 Å². The van der Waals surface area contributed by atoms with Crippen molar-refractivity contribution in [1.29, 1.82) is 0 Å². The highest BCUT2D eigenvalue weighted by molar-refractivity contribution is 5.86. The summed E-state index contributed by atoms with van der Waals surface area (Å²) in [4.78, 5) is 0. The molecule has 0 atom stereocenters. The smallest absolute Gasteiger partial charge is 0.231 e. The largest absolute Gasteiger partial charge is 0.355 e. The molecular formula is C13H9NO2. The Labute approximate surface area is 91.6 Å². The van der Waals surface area contributed by atoms with Crippen molar-refractivity contribution in [2.45, 2.75) is 6.42 Å². The van der Waals surface area contributed by atoms with Crippen LogP contribution in [0.25, 0.3) is 11.2 Å². The molecule has 3 aromatic rings. The summed E-state index contributed by atoms with van der Waals surface area (Å²) in [7, 11) is 0.